The lowest BCUT2D eigenvalue weighted by molar-refractivity contribution is 0.241. The summed E-state index contributed by atoms with van der Waals surface area (Å²) in [5.41, 5.74) is 9.56. The number of halogens is 1. The van der Waals surface area contributed by atoms with Crippen molar-refractivity contribution in [2.24, 2.45) is 5.73 Å². The molecular formula is C18H23FN2. The third-order valence-electron chi connectivity index (χ3n) is 3.87. The maximum Gasteiger partial charge on any atom is 0.123 e. The Labute approximate surface area is 126 Å². The quantitative estimate of drug-likeness (QED) is 0.880. The van der Waals surface area contributed by atoms with Crippen LogP contribution in [0, 0.1) is 5.82 Å². The number of likely N-dealkylation sites (N-methyl/N-ethyl adjacent to an activating group) is 1. The van der Waals surface area contributed by atoms with Crippen molar-refractivity contribution in [1.29, 1.82) is 0 Å². The van der Waals surface area contributed by atoms with Crippen molar-refractivity contribution in [2.45, 2.75) is 25.9 Å². The molecule has 0 aliphatic heterocycles. The van der Waals surface area contributed by atoms with Crippen molar-refractivity contribution >= 4 is 0 Å². The van der Waals surface area contributed by atoms with Gasteiger partial charge in [0, 0.05) is 19.1 Å². The van der Waals surface area contributed by atoms with Crippen LogP contribution in [0.5, 0.6) is 0 Å². The zero-order valence-electron chi connectivity index (χ0n) is 12.7. The maximum absolute atomic E-state index is 13.0. The Morgan fingerprint density at radius 2 is 1.57 bits per heavy atom. The topological polar surface area (TPSA) is 29.3 Å². The highest BCUT2D eigenvalue weighted by Crippen LogP contribution is 2.21. The fourth-order valence-corrected chi connectivity index (χ4v) is 2.53. The molecule has 0 spiro atoms. The molecule has 0 aliphatic rings. The lowest BCUT2D eigenvalue weighted by Crippen LogP contribution is -2.30. The molecule has 112 valence electrons. The molecule has 0 aromatic heterocycles. The minimum Gasteiger partial charge on any atom is -0.329 e. The Balaban J connectivity index is 2.08. The summed E-state index contributed by atoms with van der Waals surface area (Å²) in [6, 6.07) is 15.3. The van der Waals surface area contributed by atoms with Crippen LogP contribution in [0.4, 0.5) is 4.39 Å². The van der Waals surface area contributed by atoms with Gasteiger partial charge in [-0.25, -0.2) is 4.39 Å². The normalized spacial score (nSPS) is 12.6. The summed E-state index contributed by atoms with van der Waals surface area (Å²) < 4.78 is 13.0. The molecule has 0 fully saturated rings. The van der Waals surface area contributed by atoms with E-state index < -0.39 is 0 Å². The van der Waals surface area contributed by atoms with Crippen molar-refractivity contribution in [3.05, 3.63) is 71.0 Å². The molecule has 2 aromatic rings. The maximum atomic E-state index is 13.0. The molecule has 0 saturated heterocycles. The summed E-state index contributed by atoms with van der Waals surface area (Å²) in [5.74, 6) is -0.215. The molecule has 2 nitrogen and oxygen atoms in total. The van der Waals surface area contributed by atoms with Crippen LogP contribution in [0.25, 0.3) is 0 Å². The van der Waals surface area contributed by atoms with Crippen LogP contribution >= 0.6 is 0 Å². The predicted molar refractivity (Wildman–Crippen MR) is 85.5 cm³/mol. The third-order valence-corrected chi connectivity index (χ3v) is 3.87. The smallest absolute Gasteiger partial charge is 0.123 e. The molecule has 3 heteroatoms. The van der Waals surface area contributed by atoms with Gasteiger partial charge in [-0.1, -0.05) is 43.3 Å². The second kappa shape index (κ2) is 7.34. The van der Waals surface area contributed by atoms with Gasteiger partial charge < -0.3 is 5.73 Å². The van der Waals surface area contributed by atoms with Gasteiger partial charge in [0.1, 0.15) is 5.82 Å². The minimum absolute atomic E-state index is 0.0939. The fourth-order valence-electron chi connectivity index (χ4n) is 2.53. The largest absolute Gasteiger partial charge is 0.329 e. The summed E-state index contributed by atoms with van der Waals surface area (Å²) >= 11 is 0. The standard InChI is InChI=1S/C18H23FN2/c1-3-14-4-6-15(7-5-14)13-21(2)18(12-20)16-8-10-17(19)11-9-16/h4-11,18H,3,12-13,20H2,1-2H3. The van der Waals surface area contributed by atoms with Crippen molar-refractivity contribution in [3.63, 3.8) is 0 Å². The molecule has 0 saturated carbocycles. The Morgan fingerprint density at radius 3 is 2.10 bits per heavy atom. The van der Waals surface area contributed by atoms with E-state index in [-0.39, 0.29) is 11.9 Å². The summed E-state index contributed by atoms with van der Waals surface area (Å²) in [4.78, 5) is 2.20. The SMILES string of the molecule is CCc1ccc(CN(C)C(CN)c2ccc(F)cc2)cc1. The van der Waals surface area contributed by atoms with Crippen LogP contribution in [0.3, 0.4) is 0 Å². The molecule has 0 bridgehead atoms. The van der Waals surface area contributed by atoms with E-state index in [2.05, 4.69) is 43.1 Å². The average molecular weight is 286 g/mol. The molecule has 0 amide bonds. The Bertz CT molecular complexity index is 548. The van der Waals surface area contributed by atoms with Gasteiger partial charge in [0.15, 0.2) is 0 Å². The molecular weight excluding hydrogens is 263 g/mol. The van der Waals surface area contributed by atoms with E-state index in [1.54, 1.807) is 0 Å². The van der Waals surface area contributed by atoms with Gasteiger partial charge in [-0.2, -0.15) is 0 Å². The Morgan fingerprint density at radius 1 is 1.00 bits per heavy atom. The second-order valence-electron chi connectivity index (χ2n) is 5.39. The number of nitrogens with two attached hydrogens (primary N) is 1. The summed E-state index contributed by atoms with van der Waals surface area (Å²) in [6.07, 6.45) is 1.05. The monoisotopic (exact) mass is 286 g/mol. The molecule has 1 atom stereocenters. The number of hydrogen-bond acceptors (Lipinski definition) is 2. The van der Waals surface area contributed by atoms with Crippen LogP contribution in [0.2, 0.25) is 0 Å². The van der Waals surface area contributed by atoms with Crippen LogP contribution < -0.4 is 5.73 Å². The average Bonchev–Trinajstić information content (AvgIpc) is 2.50. The van der Waals surface area contributed by atoms with Gasteiger partial charge in [-0.3, -0.25) is 4.90 Å². The number of hydrogen-bond donors (Lipinski definition) is 1. The number of aryl methyl sites for hydroxylation is 1. The van der Waals surface area contributed by atoms with Crippen LogP contribution in [0.15, 0.2) is 48.5 Å². The molecule has 0 radical (unpaired) electrons. The summed E-state index contributed by atoms with van der Waals surface area (Å²) in [6.45, 7) is 3.48. The first-order valence-electron chi connectivity index (χ1n) is 7.37. The van der Waals surface area contributed by atoms with E-state index in [0.717, 1.165) is 18.5 Å². The van der Waals surface area contributed by atoms with Gasteiger partial charge in [0.25, 0.3) is 0 Å². The van der Waals surface area contributed by atoms with Crippen molar-refractivity contribution in [3.8, 4) is 0 Å². The number of nitrogens with zero attached hydrogens (tertiary/aromatic N) is 1. The lowest BCUT2D eigenvalue weighted by Gasteiger charge is -2.27. The highest BCUT2D eigenvalue weighted by atomic mass is 19.1. The van der Waals surface area contributed by atoms with Gasteiger partial charge in [-0.05, 0) is 42.3 Å². The minimum atomic E-state index is -0.215. The van der Waals surface area contributed by atoms with Crippen molar-refractivity contribution in [2.75, 3.05) is 13.6 Å². The van der Waals surface area contributed by atoms with E-state index in [1.807, 2.05) is 12.1 Å². The van der Waals surface area contributed by atoms with Crippen LogP contribution in [-0.4, -0.2) is 18.5 Å². The van der Waals surface area contributed by atoms with E-state index >= 15 is 0 Å². The molecule has 0 heterocycles. The first-order valence-corrected chi connectivity index (χ1v) is 7.37. The van der Waals surface area contributed by atoms with Crippen LogP contribution in [-0.2, 0) is 13.0 Å². The van der Waals surface area contributed by atoms with Gasteiger partial charge >= 0.3 is 0 Å². The number of rotatable bonds is 6. The Hall–Kier alpha value is -1.71. The summed E-state index contributed by atoms with van der Waals surface area (Å²) in [5, 5.41) is 0. The van der Waals surface area contributed by atoms with Crippen molar-refractivity contribution < 1.29 is 4.39 Å². The van der Waals surface area contributed by atoms with E-state index in [0.29, 0.717) is 6.54 Å². The first-order chi connectivity index (χ1) is 10.1. The molecule has 2 rings (SSSR count). The fraction of sp³-hybridized carbons (Fsp3) is 0.333. The first kappa shape index (κ1) is 15.7. The van der Waals surface area contributed by atoms with Crippen molar-refractivity contribution in [1.82, 2.24) is 4.90 Å². The van der Waals surface area contributed by atoms with E-state index in [9.17, 15) is 4.39 Å². The number of benzene rings is 2. The second-order valence-corrected chi connectivity index (χ2v) is 5.39. The molecule has 2 N–H and O–H groups in total. The zero-order chi connectivity index (χ0) is 15.2. The molecule has 21 heavy (non-hydrogen) atoms. The molecule has 1 unspecified atom stereocenters. The van der Waals surface area contributed by atoms with Gasteiger partial charge in [0.05, 0.1) is 0 Å². The van der Waals surface area contributed by atoms with E-state index in [1.165, 1.54) is 23.3 Å². The third kappa shape index (κ3) is 4.13. The summed E-state index contributed by atoms with van der Waals surface area (Å²) in [7, 11) is 2.05. The van der Waals surface area contributed by atoms with E-state index in [4.69, 9.17) is 5.73 Å². The molecule has 0 aliphatic carbocycles. The molecule has 2 aromatic carbocycles. The zero-order valence-corrected chi connectivity index (χ0v) is 12.7. The Kier molecular flexibility index (Phi) is 5.48. The highest BCUT2D eigenvalue weighted by Gasteiger charge is 2.15. The lowest BCUT2D eigenvalue weighted by atomic mass is 10.0. The predicted octanol–water partition coefficient (Wildman–Crippen LogP) is 3.52. The van der Waals surface area contributed by atoms with Gasteiger partial charge in [0.2, 0.25) is 0 Å². The van der Waals surface area contributed by atoms with Gasteiger partial charge in [-0.15, -0.1) is 0 Å². The van der Waals surface area contributed by atoms with Crippen LogP contribution in [0.1, 0.15) is 29.7 Å². The highest BCUT2D eigenvalue weighted by molar-refractivity contribution is 5.24.